The first-order valence-electron chi connectivity index (χ1n) is 7.88. The topological polar surface area (TPSA) is 98.5 Å². The lowest BCUT2D eigenvalue weighted by Crippen LogP contribution is -2.31. The zero-order valence-electron chi connectivity index (χ0n) is 14.4. The summed E-state index contributed by atoms with van der Waals surface area (Å²) in [7, 11) is 0. The summed E-state index contributed by atoms with van der Waals surface area (Å²) in [6.45, 7) is 4.95. The Balaban J connectivity index is 2.36. The number of hydrogen-bond acceptors (Lipinski definition) is 5. The Morgan fingerprint density at radius 1 is 1.32 bits per heavy atom. The molecule has 0 fully saturated rings. The largest absolute Gasteiger partial charge is 0.465 e. The molecule has 0 aromatic heterocycles. The van der Waals surface area contributed by atoms with Crippen molar-refractivity contribution in [3.05, 3.63) is 57.8 Å². The second-order valence-corrected chi connectivity index (χ2v) is 6.07. The lowest BCUT2D eigenvalue weighted by atomic mass is 9.77. The van der Waals surface area contributed by atoms with Crippen molar-refractivity contribution in [2.75, 3.05) is 11.9 Å². The monoisotopic (exact) mass is 344 g/mol. The van der Waals surface area contributed by atoms with Crippen molar-refractivity contribution in [1.29, 1.82) is 0 Å². The molecule has 25 heavy (non-hydrogen) atoms. The highest BCUT2D eigenvalue weighted by atomic mass is 16.6. The maximum absolute atomic E-state index is 12.3. The van der Waals surface area contributed by atoms with E-state index in [4.69, 9.17) is 4.74 Å². The van der Waals surface area contributed by atoms with Gasteiger partial charge in [0, 0.05) is 24.8 Å². The van der Waals surface area contributed by atoms with E-state index in [2.05, 4.69) is 5.32 Å². The van der Waals surface area contributed by atoms with E-state index in [0.29, 0.717) is 17.7 Å². The van der Waals surface area contributed by atoms with Crippen LogP contribution in [0.5, 0.6) is 0 Å². The lowest BCUT2D eigenvalue weighted by molar-refractivity contribution is -0.419. The summed E-state index contributed by atoms with van der Waals surface area (Å²) < 4.78 is 5.08. The quantitative estimate of drug-likeness (QED) is 0.502. The zero-order valence-corrected chi connectivity index (χ0v) is 14.4. The predicted octanol–water partition coefficient (Wildman–Crippen LogP) is 3.16. The van der Waals surface area contributed by atoms with Crippen LogP contribution in [0.4, 0.5) is 5.69 Å². The molecule has 0 saturated carbocycles. The third-order valence-electron chi connectivity index (χ3n) is 3.87. The van der Waals surface area contributed by atoms with Gasteiger partial charge in [0.05, 0.1) is 16.9 Å². The molecule has 1 aromatic rings. The summed E-state index contributed by atoms with van der Waals surface area (Å²) in [5, 5.41) is 13.9. The van der Waals surface area contributed by atoms with Crippen molar-refractivity contribution in [3.63, 3.8) is 0 Å². The Bertz CT molecular complexity index is 764. The SMILES string of the molecule is CCOC(=O)C1(C)C=C([N+](=O)[O-])C=C(c2ccc(NC(C)=O)cc2)C1. The number of rotatable bonds is 5. The highest BCUT2D eigenvalue weighted by Crippen LogP contribution is 2.39. The molecule has 132 valence electrons. The van der Waals surface area contributed by atoms with E-state index in [-0.39, 0.29) is 18.2 Å². The van der Waals surface area contributed by atoms with Crippen molar-refractivity contribution < 1.29 is 19.2 Å². The number of carbonyl (C=O) groups excluding carboxylic acids is 2. The lowest BCUT2D eigenvalue weighted by Gasteiger charge is -2.27. The first-order chi connectivity index (χ1) is 11.7. The number of hydrogen-bond donors (Lipinski definition) is 1. The molecule has 7 heteroatoms. The van der Waals surface area contributed by atoms with Crippen LogP contribution in [0.15, 0.2) is 42.1 Å². The molecule has 1 atom stereocenters. The van der Waals surface area contributed by atoms with Crippen LogP contribution in [0.1, 0.15) is 32.8 Å². The molecule has 7 nitrogen and oxygen atoms in total. The van der Waals surface area contributed by atoms with Crippen LogP contribution in [0.2, 0.25) is 0 Å². The zero-order chi connectivity index (χ0) is 18.6. The molecule has 0 radical (unpaired) electrons. The Morgan fingerprint density at radius 3 is 2.48 bits per heavy atom. The summed E-state index contributed by atoms with van der Waals surface area (Å²) in [4.78, 5) is 34.1. The van der Waals surface area contributed by atoms with E-state index in [1.165, 1.54) is 19.1 Å². The molecule has 0 saturated heterocycles. The molecule has 1 unspecified atom stereocenters. The molecular formula is C18H20N2O5. The number of nitrogens with zero attached hydrogens (tertiary/aromatic N) is 1. The fraction of sp³-hybridized carbons (Fsp3) is 0.333. The van der Waals surface area contributed by atoms with Crippen LogP contribution in [0, 0.1) is 15.5 Å². The van der Waals surface area contributed by atoms with Gasteiger partial charge in [-0.3, -0.25) is 19.7 Å². The Hall–Kier alpha value is -2.96. The van der Waals surface area contributed by atoms with Crippen molar-refractivity contribution in [1.82, 2.24) is 0 Å². The number of nitrogens with one attached hydrogen (secondary N) is 1. The molecule has 0 spiro atoms. The van der Waals surface area contributed by atoms with Gasteiger partial charge in [0.15, 0.2) is 0 Å². The Morgan fingerprint density at radius 2 is 1.96 bits per heavy atom. The van der Waals surface area contributed by atoms with Gasteiger partial charge in [0.1, 0.15) is 0 Å². The molecule has 2 rings (SSSR count). The molecule has 0 heterocycles. The summed E-state index contributed by atoms with van der Waals surface area (Å²) in [6, 6.07) is 6.93. The minimum Gasteiger partial charge on any atom is -0.465 e. The number of amides is 1. The van der Waals surface area contributed by atoms with Crippen LogP contribution in [0.25, 0.3) is 5.57 Å². The third kappa shape index (κ3) is 4.32. The van der Waals surface area contributed by atoms with Crippen LogP contribution in [-0.2, 0) is 14.3 Å². The standard InChI is InChI=1S/C18H20N2O5/c1-4-25-17(22)18(3)10-14(9-16(11-18)20(23)24)13-5-7-15(8-6-13)19-12(2)21/h5-9,11H,4,10H2,1-3H3,(H,19,21). The van der Waals surface area contributed by atoms with Crippen LogP contribution >= 0.6 is 0 Å². The number of esters is 1. The van der Waals surface area contributed by atoms with Gasteiger partial charge in [-0.1, -0.05) is 12.1 Å². The number of nitro groups is 1. The highest BCUT2D eigenvalue weighted by molar-refractivity contribution is 5.89. The molecule has 1 aromatic carbocycles. The van der Waals surface area contributed by atoms with Gasteiger partial charge in [0.25, 0.3) is 5.70 Å². The maximum atomic E-state index is 12.3. The average Bonchev–Trinajstić information content (AvgIpc) is 2.54. The number of benzene rings is 1. The normalized spacial score (nSPS) is 19.5. The number of ether oxygens (including phenoxy) is 1. The fourth-order valence-electron chi connectivity index (χ4n) is 2.73. The summed E-state index contributed by atoms with van der Waals surface area (Å²) in [5.74, 6) is -0.673. The highest BCUT2D eigenvalue weighted by Gasteiger charge is 2.39. The predicted molar refractivity (Wildman–Crippen MR) is 93.2 cm³/mol. The van der Waals surface area contributed by atoms with E-state index >= 15 is 0 Å². The molecule has 0 bridgehead atoms. The average molecular weight is 344 g/mol. The summed E-state index contributed by atoms with van der Waals surface area (Å²) >= 11 is 0. The molecule has 1 aliphatic carbocycles. The second kappa shape index (κ2) is 7.29. The molecule has 1 amide bonds. The number of allylic oxidation sites excluding steroid dienone is 2. The van der Waals surface area contributed by atoms with Crippen molar-refractivity contribution in [2.24, 2.45) is 5.41 Å². The van der Waals surface area contributed by atoms with E-state index in [1.807, 2.05) is 0 Å². The number of anilines is 1. The summed E-state index contributed by atoms with van der Waals surface area (Å²) in [6.07, 6.45) is 3.11. The molecule has 0 aliphatic heterocycles. The van der Waals surface area contributed by atoms with Gasteiger partial charge >= 0.3 is 5.97 Å². The van der Waals surface area contributed by atoms with E-state index in [0.717, 1.165) is 5.56 Å². The van der Waals surface area contributed by atoms with Crippen molar-refractivity contribution in [2.45, 2.75) is 27.2 Å². The first kappa shape index (κ1) is 18.4. The van der Waals surface area contributed by atoms with E-state index in [1.54, 1.807) is 38.1 Å². The van der Waals surface area contributed by atoms with E-state index in [9.17, 15) is 19.7 Å². The van der Waals surface area contributed by atoms with E-state index < -0.39 is 16.3 Å². The van der Waals surface area contributed by atoms with Gasteiger partial charge in [0.2, 0.25) is 5.91 Å². The van der Waals surface area contributed by atoms with Crippen LogP contribution in [0.3, 0.4) is 0 Å². The van der Waals surface area contributed by atoms with Crippen molar-refractivity contribution in [3.8, 4) is 0 Å². The summed E-state index contributed by atoms with van der Waals surface area (Å²) in [5.41, 5.74) is 0.809. The minimum atomic E-state index is -1.10. The fourth-order valence-corrected chi connectivity index (χ4v) is 2.73. The van der Waals surface area contributed by atoms with Crippen LogP contribution in [-0.4, -0.2) is 23.4 Å². The first-order valence-corrected chi connectivity index (χ1v) is 7.88. The van der Waals surface area contributed by atoms with Gasteiger partial charge in [-0.2, -0.15) is 0 Å². The minimum absolute atomic E-state index is 0.136. The smallest absolute Gasteiger partial charge is 0.316 e. The van der Waals surface area contributed by atoms with Gasteiger partial charge in [-0.25, -0.2) is 0 Å². The molecule has 1 aliphatic rings. The Kier molecular flexibility index (Phi) is 5.36. The Labute approximate surface area is 145 Å². The second-order valence-electron chi connectivity index (χ2n) is 6.07. The van der Waals surface area contributed by atoms with Crippen LogP contribution < -0.4 is 5.32 Å². The number of carbonyl (C=O) groups is 2. The van der Waals surface area contributed by atoms with Gasteiger partial charge in [-0.15, -0.1) is 0 Å². The van der Waals surface area contributed by atoms with Gasteiger partial charge in [-0.05, 0) is 43.5 Å². The maximum Gasteiger partial charge on any atom is 0.316 e. The van der Waals surface area contributed by atoms with Gasteiger partial charge < -0.3 is 10.1 Å². The molecule has 1 N–H and O–H groups in total. The van der Waals surface area contributed by atoms with Crippen molar-refractivity contribution >= 4 is 23.1 Å². The third-order valence-corrected chi connectivity index (χ3v) is 3.87. The molecular weight excluding hydrogens is 324 g/mol.